The predicted octanol–water partition coefficient (Wildman–Crippen LogP) is 11.0. The summed E-state index contributed by atoms with van der Waals surface area (Å²) in [5.41, 5.74) is 14.3. The number of para-hydroxylation sites is 1. The summed E-state index contributed by atoms with van der Waals surface area (Å²) in [5.74, 6) is 0.966. The van der Waals surface area contributed by atoms with Crippen LogP contribution in [0.5, 0.6) is 0 Å². The molecule has 2 aliphatic rings. The van der Waals surface area contributed by atoms with Crippen molar-refractivity contribution in [3.8, 4) is 27.9 Å². The van der Waals surface area contributed by atoms with E-state index in [-0.39, 0.29) is 0 Å². The molecule has 7 aromatic rings. The Morgan fingerprint density at radius 3 is 1.91 bits per heavy atom. The van der Waals surface area contributed by atoms with E-state index in [2.05, 4.69) is 168 Å². The summed E-state index contributed by atoms with van der Waals surface area (Å²) < 4.78 is 2.42. The maximum atomic E-state index is 2.43. The van der Waals surface area contributed by atoms with Crippen molar-refractivity contribution in [3.63, 3.8) is 0 Å². The largest absolute Gasteiger partial charge is 0.309 e. The minimum Gasteiger partial charge on any atom is -0.309 e. The van der Waals surface area contributed by atoms with E-state index in [1.165, 1.54) is 72.0 Å². The highest BCUT2D eigenvalue weighted by atomic mass is 15.0. The van der Waals surface area contributed by atoms with Crippen molar-refractivity contribution in [3.05, 3.63) is 181 Å². The SMILES string of the molecule is C1=CC2Cc3ccccc3C2C(c2ccc3c(c2)c2ccccc2n3-c2ccc(-c3ccc(-c4ccccc4)cc3)cc2)=C1. The molecular formula is C43H31N. The molecule has 0 saturated heterocycles. The van der Waals surface area contributed by atoms with Gasteiger partial charge in [-0.05, 0) is 87.2 Å². The fourth-order valence-corrected chi connectivity index (χ4v) is 7.60. The van der Waals surface area contributed by atoms with Crippen LogP contribution in [0.1, 0.15) is 22.6 Å². The third kappa shape index (κ3) is 4.01. The Morgan fingerprint density at radius 1 is 0.500 bits per heavy atom. The number of rotatable bonds is 4. The summed E-state index contributed by atoms with van der Waals surface area (Å²) in [6.45, 7) is 0. The Bertz CT molecular complexity index is 2230. The summed E-state index contributed by atoms with van der Waals surface area (Å²) in [6, 6.07) is 53.4. The van der Waals surface area contributed by atoms with Crippen LogP contribution >= 0.6 is 0 Å². The Hall–Kier alpha value is -5.40. The smallest absolute Gasteiger partial charge is 0.0541 e. The zero-order chi connectivity index (χ0) is 29.0. The molecule has 0 N–H and O–H groups in total. The Kier molecular flexibility index (Phi) is 5.77. The molecule has 0 bridgehead atoms. The molecule has 0 aliphatic heterocycles. The lowest BCUT2D eigenvalue weighted by Crippen LogP contribution is -2.10. The summed E-state index contributed by atoms with van der Waals surface area (Å²) in [6.07, 6.45) is 8.14. The van der Waals surface area contributed by atoms with E-state index < -0.39 is 0 Å². The first kappa shape index (κ1) is 25.1. The molecule has 0 saturated carbocycles. The first-order valence-corrected chi connectivity index (χ1v) is 15.6. The molecule has 2 aliphatic carbocycles. The van der Waals surface area contributed by atoms with Crippen LogP contribution in [0.15, 0.2) is 164 Å². The van der Waals surface area contributed by atoms with Crippen molar-refractivity contribution in [1.29, 1.82) is 0 Å². The van der Waals surface area contributed by atoms with E-state index in [0.29, 0.717) is 11.8 Å². The zero-order valence-corrected chi connectivity index (χ0v) is 24.4. The Morgan fingerprint density at radius 2 is 1.11 bits per heavy atom. The Labute approximate surface area is 258 Å². The standard InChI is InChI=1S/C43H31N/c1-2-9-29(10-3-1)30-17-19-31(20-18-30)32-21-24-36(25-22-32)44-41-16-7-6-14-39(41)40-28-34(23-26-42(40)44)38-15-8-12-35-27-33-11-4-5-13-37(33)43(35)38/h1-26,28,35,43H,27H2. The minimum absolute atomic E-state index is 0.427. The molecule has 6 aromatic carbocycles. The van der Waals surface area contributed by atoms with Crippen LogP contribution in [-0.4, -0.2) is 4.57 Å². The maximum absolute atomic E-state index is 2.43. The second-order valence-electron chi connectivity index (χ2n) is 12.1. The first-order valence-electron chi connectivity index (χ1n) is 15.6. The molecule has 2 atom stereocenters. The molecule has 0 fully saturated rings. The van der Waals surface area contributed by atoms with E-state index >= 15 is 0 Å². The average molecular weight is 562 g/mol. The van der Waals surface area contributed by atoms with Crippen molar-refractivity contribution in [1.82, 2.24) is 4.57 Å². The molecule has 9 rings (SSSR count). The van der Waals surface area contributed by atoms with Gasteiger partial charge in [-0.15, -0.1) is 0 Å². The van der Waals surface area contributed by atoms with Gasteiger partial charge in [-0.1, -0.05) is 133 Å². The fourth-order valence-electron chi connectivity index (χ4n) is 7.60. The van der Waals surface area contributed by atoms with Gasteiger partial charge in [0, 0.05) is 22.4 Å². The van der Waals surface area contributed by atoms with Crippen molar-refractivity contribution < 1.29 is 0 Å². The average Bonchev–Trinajstić information content (AvgIpc) is 3.64. The Balaban J connectivity index is 1.10. The highest BCUT2D eigenvalue weighted by Crippen LogP contribution is 2.49. The van der Waals surface area contributed by atoms with Crippen molar-refractivity contribution in [2.75, 3.05) is 0 Å². The second kappa shape index (κ2) is 10.1. The van der Waals surface area contributed by atoms with E-state index in [0.717, 1.165) is 6.42 Å². The minimum atomic E-state index is 0.427. The molecule has 1 nitrogen and oxygen atoms in total. The number of hydrogen-bond acceptors (Lipinski definition) is 0. The van der Waals surface area contributed by atoms with E-state index in [1.807, 2.05) is 0 Å². The van der Waals surface area contributed by atoms with Crippen LogP contribution in [0.2, 0.25) is 0 Å². The molecule has 0 spiro atoms. The van der Waals surface area contributed by atoms with Crippen LogP contribution in [-0.2, 0) is 6.42 Å². The predicted molar refractivity (Wildman–Crippen MR) is 185 cm³/mol. The monoisotopic (exact) mass is 561 g/mol. The second-order valence-corrected chi connectivity index (χ2v) is 12.1. The molecule has 208 valence electrons. The maximum Gasteiger partial charge on any atom is 0.0541 e. The van der Waals surface area contributed by atoms with Crippen LogP contribution in [0.25, 0.3) is 55.3 Å². The highest BCUT2D eigenvalue weighted by molar-refractivity contribution is 6.10. The van der Waals surface area contributed by atoms with E-state index in [4.69, 9.17) is 0 Å². The van der Waals surface area contributed by atoms with Gasteiger partial charge in [0.15, 0.2) is 0 Å². The molecule has 44 heavy (non-hydrogen) atoms. The summed E-state index contributed by atoms with van der Waals surface area (Å²) in [5, 5.41) is 2.59. The van der Waals surface area contributed by atoms with Gasteiger partial charge in [0.1, 0.15) is 0 Å². The van der Waals surface area contributed by atoms with Gasteiger partial charge in [-0.3, -0.25) is 0 Å². The fraction of sp³-hybridized carbons (Fsp3) is 0.0698. The van der Waals surface area contributed by atoms with Crippen LogP contribution < -0.4 is 0 Å². The molecular weight excluding hydrogens is 530 g/mol. The van der Waals surface area contributed by atoms with Gasteiger partial charge in [0.05, 0.1) is 11.0 Å². The normalized spacial score (nSPS) is 17.0. The van der Waals surface area contributed by atoms with Gasteiger partial charge in [0.25, 0.3) is 0 Å². The summed E-state index contributed by atoms with van der Waals surface area (Å²) in [7, 11) is 0. The quantitative estimate of drug-likeness (QED) is 0.201. The van der Waals surface area contributed by atoms with Gasteiger partial charge < -0.3 is 4.57 Å². The van der Waals surface area contributed by atoms with Gasteiger partial charge in [0.2, 0.25) is 0 Å². The molecule has 0 amide bonds. The van der Waals surface area contributed by atoms with E-state index in [9.17, 15) is 0 Å². The third-order valence-corrected chi connectivity index (χ3v) is 9.70. The van der Waals surface area contributed by atoms with E-state index in [1.54, 1.807) is 0 Å². The lowest BCUT2D eigenvalue weighted by Gasteiger charge is -2.25. The summed E-state index contributed by atoms with van der Waals surface area (Å²) >= 11 is 0. The van der Waals surface area contributed by atoms with Crippen molar-refractivity contribution in [2.45, 2.75) is 12.3 Å². The van der Waals surface area contributed by atoms with Gasteiger partial charge in [-0.2, -0.15) is 0 Å². The number of benzene rings is 6. The van der Waals surface area contributed by atoms with Gasteiger partial charge >= 0.3 is 0 Å². The number of hydrogen-bond donors (Lipinski definition) is 0. The lowest BCUT2D eigenvalue weighted by atomic mass is 9.79. The molecule has 1 heterocycles. The third-order valence-electron chi connectivity index (χ3n) is 9.70. The molecule has 1 heteroatoms. The summed E-state index contributed by atoms with van der Waals surface area (Å²) in [4.78, 5) is 0. The lowest BCUT2D eigenvalue weighted by molar-refractivity contribution is 0.642. The first-order chi connectivity index (χ1) is 21.8. The van der Waals surface area contributed by atoms with Crippen LogP contribution in [0, 0.1) is 5.92 Å². The number of aromatic nitrogens is 1. The zero-order valence-electron chi connectivity index (χ0n) is 24.4. The number of fused-ring (bicyclic) bond motifs is 6. The van der Waals surface area contributed by atoms with Gasteiger partial charge in [-0.25, -0.2) is 0 Å². The molecule has 1 aromatic heterocycles. The number of nitrogens with zero attached hydrogens (tertiary/aromatic N) is 1. The van der Waals surface area contributed by atoms with Crippen molar-refractivity contribution in [2.24, 2.45) is 5.92 Å². The molecule has 2 unspecified atom stereocenters. The van der Waals surface area contributed by atoms with Crippen molar-refractivity contribution >= 4 is 27.4 Å². The van der Waals surface area contributed by atoms with Crippen LogP contribution in [0.4, 0.5) is 0 Å². The topological polar surface area (TPSA) is 4.93 Å². The number of allylic oxidation sites excluding steroid dienone is 4. The van der Waals surface area contributed by atoms with Crippen LogP contribution in [0.3, 0.4) is 0 Å². The molecule has 0 radical (unpaired) electrons. The highest BCUT2D eigenvalue weighted by Gasteiger charge is 2.35.